The van der Waals surface area contributed by atoms with Gasteiger partial charge < -0.3 is 5.32 Å². The van der Waals surface area contributed by atoms with Crippen molar-refractivity contribution in [2.45, 2.75) is 13.0 Å². The Morgan fingerprint density at radius 2 is 2.08 bits per heavy atom. The van der Waals surface area contributed by atoms with Gasteiger partial charge in [0.15, 0.2) is 5.82 Å². The normalized spacial score (nSPS) is 11.8. The predicted octanol–water partition coefficient (Wildman–Crippen LogP) is 3.26. The average Bonchev–Trinajstić information content (AvgIpc) is 3.12. The molecule has 26 heavy (non-hydrogen) atoms. The van der Waals surface area contributed by atoms with Crippen LogP contribution < -0.4 is 5.32 Å². The molecule has 0 fully saturated rings. The molecule has 7 heteroatoms. The van der Waals surface area contributed by atoms with E-state index in [-0.39, 0.29) is 6.04 Å². The summed E-state index contributed by atoms with van der Waals surface area (Å²) in [5, 5.41) is 12.4. The molecule has 0 aliphatic rings. The van der Waals surface area contributed by atoms with Crippen molar-refractivity contribution >= 4 is 16.9 Å². The summed E-state index contributed by atoms with van der Waals surface area (Å²) in [6.45, 7) is 2.04. The van der Waals surface area contributed by atoms with Crippen LogP contribution in [-0.4, -0.2) is 24.5 Å². The Hall–Kier alpha value is -3.79. The van der Waals surface area contributed by atoms with E-state index < -0.39 is 0 Å². The number of hydrogen-bond acceptors (Lipinski definition) is 6. The summed E-state index contributed by atoms with van der Waals surface area (Å²) < 4.78 is 1.85. The van der Waals surface area contributed by atoms with E-state index in [1.807, 2.05) is 35.9 Å². The molecule has 1 atom stereocenters. The van der Waals surface area contributed by atoms with Crippen molar-refractivity contribution in [2.24, 2.45) is 0 Å². The molecule has 4 rings (SSSR count). The van der Waals surface area contributed by atoms with Crippen LogP contribution in [-0.2, 0) is 0 Å². The first-order valence-corrected chi connectivity index (χ1v) is 8.10. The van der Waals surface area contributed by atoms with Crippen LogP contribution in [0, 0.1) is 11.3 Å². The molecule has 3 heterocycles. The fourth-order valence-electron chi connectivity index (χ4n) is 2.74. The second kappa shape index (κ2) is 6.61. The van der Waals surface area contributed by atoms with Crippen molar-refractivity contribution in [1.82, 2.24) is 24.5 Å². The Labute approximate surface area is 150 Å². The van der Waals surface area contributed by atoms with Gasteiger partial charge in [-0.1, -0.05) is 6.07 Å². The molecule has 0 bridgehead atoms. The summed E-state index contributed by atoms with van der Waals surface area (Å²) in [6.07, 6.45) is 8.62. The van der Waals surface area contributed by atoms with E-state index in [2.05, 4.69) is 31.3 Å². The fourth-order valence-corrected chi connectivity index (χ4v) is 2.74. The van der Waals surface area contributed by atoms with E-state index in [0.29, 0.717) is 17.2 Å². The Morgan fingerprint density at radius 1 is 1.15 bits per heavy atom. The van der Waals surface area contributed by atoms with E-state index in [1.165, 1.54) is 0 Å². The van der Waals surface area contributed by atoms with E-state index in [1.54, 1.807) is 37.1 Å². The molecule has 0 saturated carbocycles. The van der Waals surface area contributed by atoms with Crippen molar-refractivity contribution in [3.63, 3.8) is 0 Å². The third kappa shape index (κ3) is 2.96. The SMILES string of the molecule is CC(Nc1cncc(-n2cnc3cc(C#N)ccc32)n1)c1cccnc1. The largest absolute Gasteiger partial charge is 0.362 e. The minimum absolute atomic E-state index is 0.0472. The van der Waals surface area contributed by atoms with E-state index >= 15 is 0 Å². The first-order chi connectivity index (χ1) is 12.7. The summed E-state index contributed by atoms with van der Waals surface area (Å²) in [6, 6.07) is 11.5. The smallest absolute Gasteiger partial charge is 0.159 e. The lowest BCUT2D eigenvalue weighted by molar-refractivity contribution is 0.858. The lowest BCUT2D eigenvalue weighted by Gasteiger charge is -2.15. The zero-order valence-electron chi connectivity index (χ0n) is 14.0. The van der Waals surface area contributed by atoms with Gasteiger partial charge in [-0.15, -0.1) is 0 Å². The maximum atomic E-state index is 9.02. The zero-order chi connectivity index (χ0) is 17.9. The Bertz CT molecular complexity index is 1100. The van der Waals surface area contributed by atoms with Gasteiger partial charge in [-0.2, -0.15) is 5.26 Å². The molecule has 1 aromatic carbocycles. The molecule has 0 amide bonds. The summed E-state index contributed by atoms with van der Waals surface area (Å²) in [7, 11) is 0. The summed E-state index contributed by atoms with van der Waals surface area (Å²) in [5.74, 6) is 1.31. The van der Waals surface area contributed by atoms with E-state index in [4.69, 9.17) is 5.26 Å². The summed E-state index contributed by atoms with van der Waals surface area (Å²) in [5.41, 5.74) is 3.26. The van der Waals surface area contributed by atoms with Crippen LogP contribution in [0.1, 0.15) is 24.1 Å². The number of aromatic nitrogens is 5. The predicted molar refractivity (Wildman–Crippen MR) is 97.6 cm³/mol. The van der Waals surface area contributed by atoms with Crippen molar-refractivity contribution in [3.8, 4) is 11.9 Å². The van der Waals surface area contributed by atoms with Gasteiger partial charge >= 0.3 is 0 Å². The molecule has 0 radical (unpaired) electrons. The van der Waals surface area contributed by atoms with Crippen molar-refractivity contribution in [1.29, 1.82) is 5.26 Å². The van der Waals surface area contributed by atoms with Crippen LogP contribution in [0.3, 0.4) is 0 Å². The number of rotatable bonds is 4. The Balaban J connectivity index is 1.65. The molecule has 0 spiro atoms. The Kier molecular flexibility index (Phi) is 4.00. The molecule has 4 aromatic rings. The van der Waals surface area contributed by atoms with E-state index in [0.717, 1.165) is 16.6 Å². The second-order valence-electron chi connectivity index (χ2n) is 5.84. The van der Waals surface area contributed by atoms with Gasteiger partial charge in [-0.25, -0.2) is 9.97 Å². The number of anilines is 1. The number of fused-ring (bicyclic) bond motifs is 1. The standard InChI is InChI=1S/C19H15N7/c1-13(15-3-2-6-21-9-15)24-18-10-22-11-19(25-18)26-12-23-16-7-14(8-20)4-5-17(16)26/h2-7,9-13H,1H3,(H,24,25). The van der Waals surface area contributed by atoms with Gasteiger partial charge in [0.05, 0.1) is 41.1 Å². The maximum absolute atomic E-state index is 9.02. The lowest BCUT2D eigenvalue weighted by atomic mass is 10.1. The minimum Gasteiger partial charge on any atom is -0.362 e. The molecule has 126 valence electrons. The molecule has 7 nitrogen and oxygen atoms in total. The van der Waals surface area contributed by atoms with Crippen LogP contribution in [0.5, 0.6) is 0 Å². The first kappa shape index (κ1) is 15.7. The van der Waals surface area contributed by atoms with Crippen LogP contribution in [0.15, 0.2) is 61.4 Å². The third-order valence-electron chi connectivity index (χ3n) is 4.09. The van der Waals surface area contributed by atoms with Gasteiger partial charge in [0.1, 0.15) is 12.1 Å². The van der Waals surface area contributed by atoms with Gasteiger partial charge in [0.25, 0.3) is 0 Å². The molecule has 3 aromatic heterocycles. The number of nitrogens with zero attached hydrogens (tertiary/aromatic N) is 6. The van der Waals surface area contributed by atoms with Crippen LogP contribution in [0.25, 0.3) is 16.9 Å². The molecular formula is C19H15N7. The molecule has 0 aliphatic heterocycles. The highest BCUT2D eigenvalue weighted by atomic mass is 15.2. The van der Waals surface area contributed by atoms with Gasteiger partial charge in [0, 0.05) is 12.4 Å². The summed E-state index contributed by atoms with van der Waals surface area (Å²) >= 11 is 0. The molecule has 1 unspecified atom stereocenters. The van der Waals surface area contributed by atoms with Crippen molar-refractivity contribution < 1.29 is 0 Å². The van der Waals surface area contributed by atoms with Crippen LogP contribution in [0.2, 0.25) is 0 Å². The minimum atomic E-state index is 0.0472. The Morgan fingerprint density at radius 3 is 2.88 bits per heavy atom. The molecule has 0 aliphatic carbocycles. The maximum Gasteiger partial charge on any atom is 0.159 e. The number of nitriles is 1. The molecular weight excluding hydrogens is 326 g/mol. The zero-order valence-corrected chi connectivity index (χ0v) is 14.0. The highest BCUT2D eigenvalue weighted by molar-refractivity contribution is 5.78. The topological polar surface area (TPSA) is 92.3 Å². The van der Waals surface area contributed by atoms with Crippen molar-refractivity contribution in [3.05, 3.63) is 72.6 Å². The summed E-state index contributed by atoms with van der Waals surface area (Å²) in [4.78, 5) is 17.4. The van der Waals surface area contributed by atoms with Gasteiger partial charge in [0.2, 0.25) is 0 Å². The first-order valence-electron chi connectivity index (χ1n) is 8.10. The van der Waals surface area contributed by atoms with E-state index in [9.17, 15) is 0 Å². The van der Waals surface area contributed by atoms with Gasteiger partial charge in [-0.3, -0.25) is 14.5 Å². The lowest BCUT2D eigenvalue weighted by Crippen LogP contribution is -2.09. The monoisotopic (exact) mass is 341 g/mol. The highest BCUT2D eigenvalue weighted by Crippen LogP contribution is 2.20. The molecule has 1 N–H and O–H groups in total. The van der Waals surface area contributed by atoms with Crippen LogP contribution >= 0.6 is 0 Å². The van der Waals surface area contributed by atoms with Crippen molar-refractivity contribution in [2.75, 3.05) is 5.32 Å². The second-order valence-corrected chi connectivity index (χ2v) is 5.84. The number of benzene rings is 1. The highest BCUT2D eigenvalue weighted by Gasteiger charge is 2.10. The number of hydrogen-bond donors (Lipinski definition) is 1. The fraction of sp³-hybridized carbons (Fsp3) is 0.105. The van der Waals surface area contributed by atoms with Crippen LogP contribution in [0.4, 0.5) is 5.82 Å². The molecule has 0 saturated heterocycles. The number of imidazole rings is 1. The number of pyridine rings is 1. The van der Waals surface area contributed by atoms with Gasteiger partial charge in [-0.05, 0) is 36.8 Å². The third-order valence-corrected chi connectivity index (χ3v) is 4.09. The average molecular weight is 341 g/mol. The quantitative estimate of drug-likeness (QED) is 0.612. The number of nitrogens with one attached hydrogen (secondary N) is 1.